The van der Waals surface area contributed by atoms with Gasteiger partial charge < -0.3 is 20.3 Å². The van der Waals surface area contributed by atoms with Crippen LogP contribution in [0.5, 0.6) is 5.75 Å². The second kappa shape index (κ2) is 9.88. The van der Waals surface area contributed by atoms with E-state index < -0.39 is 13.4 Å². The molecule has 1 fully saturated rings. The van der Waals surface area contributed by atoms with E-state index in [4.69, 9.17) is 24.8 Å². The van der Waals surface area contributed by atoms with Crippen molar-refractivity contribution < 1.29 is 23.6 Å². The minimum Gasteiger partial charge on any atom is -0.497 e. The molecule has 0 bridgehead atoms. The van der Waals surface area contributed by atoms with Gasteiger partial charge in [0.1, 0.15) is 5.75 Å². The van der Waals surface area contributed by atoms with Gasteiger partial charge in [0.05, 0.1) is 13.7 Å². The molecule has 3 atom stereocenters. The third kappa shape index (κ3) is 6.16. The zero-order valence-corrected chi connectivity index (χ0v) is 20.1. The van der Waals surface area contributed by atoms with Crippen LogP contribution in [-0.2, 0) is 21.9 Å². The average molecular weight is 478 g/mol. The molecule has 4 rings (SSSR count). The first-order valence-corrected chi connectivity index (χ1v) is 13.6. The van der Waals surface area contributed by atoms with Crippen LogP contribution in [0.2, 0.25) is 0 Å². The molecule has 0 radical (unpaired) electrons. The number of benzene rings is 2. The van der Waals surface area contributed by atoms with Gasteiger partial charge in [0.2, 0.25) is 0 Å². The van der Waals surface area contributed by atoms with Crippen molar-refractivity contribution in [3.05, 3.63) is 59.2 Å². The van der Waals surface area contributed by atoms with Crippen LogP contribution in [0.15, 0.2) is 47.4 Å². The second-order valence-electron chi connectivity index (χ2n) is 9.19. The van der Waals surface area contributed by atoms with Crippen LogP contribution in [0.1, 0.15) is 48.3 Å². The molecule has 0 saturated heterocycles. The fourth-order valence-corrected chi connectivity index (χ4v) is 6.38. The summed E-state index contributed by atoms with van der Waals surface area (Å²) in [6, 6.07) is 15.1. The Bertz CT molecular complexity index is 979. The lowest BCUT2D eigenvalue weighted by atomic mass is 9.82. The first-order chi connectivity index (χ1) is 15.2. The van der Waals surface area contributed by atoms with Gasteiger partial charge in [0.15, 0.2) is 0 Å². The number of phosphoric ester groups is 1. The Balaban J connectivity index is 1.32. The zero-order chi connectivity index (χ0) is 22.8. The second-order valence-corrected chi connectivity index (χ2v) is 11.5. The van der Waals surface area contributed by atoms with Crippen LogP contribution in [0.3, 0.4) is 0 Å². The molecule has 6 nitrogen and oxygen atoms in total. The van der Waals surface area contributed by atoms with Crippen molar-refractivity contribution in [3.63, 3.8) is 0 Å². The van der Waals surface area contributed by atoms with Crippen molar-refractivity contribution in [1.29, 1.82) is 0 Å². The smallest absolute Gasteiger partial charge is 0.469 e. The summed E-state index contributed by atoms with van der Waals surface area (Å²) in [6.45, 7) is -0.105. The molecule has 0 heterocycles. The molecule has 2 aromatic rings. The van der Waals surface area contributed by atoms with Crippen molar-refractivity contribution in [2.75, 3.05) is 19.5 Å². The molecule has 8 heteroatoms. The highest BCUT2D eigenvalue weighted by atomic mass is 32.2. The molecule has 4 N–H and O–H groups in total. The molecule has 174 valence electrons. The van der Waals surface area contributed by atoms with E-state index in [2.05, 4.69) is 30.3 Å². The number of ether oxygens (including phenoxy) is 1. The van der Waals surface area contributed by atoms with Gasteiger partial charge in [0, 0.05) is 16.2 Å². The molecule has 0 aromatic heterocycles. The summed E-state index contributed by atoms with van der Waals surface area (Å²) in [5, 5.41) is 0. The van der Waals surface area contributed by atoms with Crippen molar-refractivity contribution in [1.82, 2.24) is 0 Å². The topological polar surface area (TPSA) is 102 Å². The predicted octanol–water partition coefficient (Wildman–Crippen LogP) is 4.67. The molecular formula is C24H32NO5PS. The van der Waals surface area contributed by atoms with E-state index in [0.29, 0.717) is 24.7 Å². The standard InChI is InChI=1S/C24H32NO5PS/c1-29-22-6-8-23(9-7-22)32-15-17-2-3-19-13-20(5-4-18(19)12-17)21-10-11-24(25,14-21)16-30-31(26,27)28/h4-9,13,17,21H,2-3,10-12,14-16,25H2,1H3,(H2,26,27,28)/t17-,21+,24-/m1/s1. The first kappa shape index (κ1) is 23.8. The Hall–Kier alpha value is -1.34. The van der Waals surface area contributed by atoms with Gasteiger partial charge in [-0.15, -0.1) is 11.8 Å². The number of phosphoric acid groups is 1. The van der Waals surface area contributed by atoms with E-state index >= 15 is 0 Å². The molecule has 0 unspecified atom stereocenters. The summed E-state index contributed by atoms with van der Waals surface area (Å²) in [4.78, 5) is 19.2. The summed E-state index contributed by atoms with van der Waals surface area (Å²) in [5.74, 6) is 2.99. The molecular weight excluding hydrogens is 445 g/mol. The Kier molecular flexibility index (Phi) is 7.35. The largest absolute Gasteiger partial charge is 0.497 e. The van der Waals surface area contributed by atoms with Gasteiger partial charge in [-0.2, -0.15) is 0 Å². The van der Waals surface area contributed by atoms with E-state index in [1.165, 1.54) is 28.0 Å². The number of thioether (sulfide) groups is 1. The minimum atomic E-state index is -4.49. The molecule has 2 aromatic carbocycles. The predicted molar refractivity (Wildman–Crippen MR) is 127 cm³/mol. The van der Waals surface area contributed by atoms with Crippen LogP contribution in [-0.4, -0.2) is 34.8 Å². The highest BCUT2D eigenvalue weighted by Crippen LogP contribution is 2.44. The van der Waals surface area contributed by atoms with Gasteiger partial charge in [0.25, 0.3) is 0 Å². The Morgan fingerprint density at radius 3 is 2.66 bits per heavy atom. The van der Waals surface area contributed by atoms with Gasteiger partial charge in [-0.3, -0.25) is 4.52 Å². The number of hydrogen-bond acceptors (Lipinski definition) is 5. The minimum absolute atomic E-state index is 0.105. The first-order valence-electron chi connectivity index (χ1n) is 11.1. The number of hydrogen-bond donors (Lipinski definition) is 3. The Labute approximate surface area is 194 Å². The Morgan fingerprint density at radius 2 is 1.94 bits per heavy atom. The number of rotatable bonds is 8. The van der Waals surface area contributed by atoms with E-state index in [1.807, 2.05) is 23.9 Å². The summed E-state index contributed by atoms with van der Waals surface area (Å²) in [7, 11) is -2.80. The van der Waals surface area contributed by atoms with E-state index in [-0.39, 0.29) is 6.61 Å². The van der Waals surface area contributed by atoms with Gasteiger partial charge >= 0.3 is 7.82 Å². The van der Waals surface area contributed by atoms with Crippen molar-refractivity contribution in [3.8, 4) is 5.75 Å². The third-order valence-corrected chi connectivity index (χ3v) is 8.45. The van der Waals surface area contributed by atoms with Gasteiger partial charge in [-0.25, -0.2) is 4.57 Å². The van der Waals surface area contributed by atoms with Crippen molar-refractivity contribution in [2.24, 2.45) is 11.7 Å². The molecule has 2 aliphatic rings. The fraction of sp³-hybridized carbons (Fsp3) is 0.500. The molecule has 0 aliphatic heterocycles. The maximum absolute atomic E-state index is 11.0. The van der Waals surface area contributed by atoms with E-state index in [9.17, 15) is 4.57 Å². The SMILES string of the molecule is COc1ccc(SC[C@@H]2CCc3cc([C@H]4CC[C@](N)(COP(=O)(O)O)C4)ccc3C2)cc1. The molecule has 32 heavy (non-hydrogen) atoms. The summed E-state index contributed by atoms with van der Waals surface area (Å²) >= 11 is 1.91. The maximum Gasteiger partial charge on any atom is 0.469 e. The molecule has 2 aliphatic carbocycles. The van der Waals surface area contributed by atoms with Crippen molar-refractivity contribution >= 4 is 19.6 Å². The van der Waals surface area contributed by atoms with Crippen LogP contribution in [0, 0.1) is 5.92 Å². The van der Waals surface area contributed by atoms with Crippen molar-refractivity contribution in [2.45, 2.75) is 54.9 Å². The van der Waals surface area contributed by atoms with Crippen LogP contribution >= 0.6 is 19.6 Å². The monoisotopic (exact) mass is 477 g/mol. The van der Waals surface area contributed by atoms with Crippen LogP contribution in [0.4, 0.5) is 0 Å². The van der Waals surface area contributed by atoms with E-state index in [0.717, 1.165) is 30.8 Å². The quantitative estimate of drug-likeness (QED) is 0.375. The number of aryl methyl sites for hydroxylation is 1. The Morgan fingerprint density at radius 1 is 1.16 bits per heavy atom. The highest BCUT2D eigenvalue weighted by Gasteiger charge is 2.38. The normalized spacial score (nSPS) is 25.5. The van der Waals surface area contributed by atoms with Gasteiger partial charge in [-0.1, -0.05) is 18.2 Å². The number of methoxy groups -OCH3 is 1. The summed E-state index contributed by atoms with van der Waals surface area (Å²) in [5.41, 5.74) is 9.87. The van der Waals surface area contributed by atoms with Crippen LogP contribution in [0.25, 0.3) is 0 Å². The number of fused-ring (bicyclic) bond motifs is 1. The average Bonchev–Trinajstić information content (AvgIpc) is 3.18. The van der Waals surface area contributed by atoms with Crippen LogP contribution < -0.4 is 10.5 Å². The summed E-state index contributed by atoms with van der Waals surface area (Å²) in [6.07, 6.45) is 5.72. The highest BCUT2D eigenvalue weighted by molar-refractivity contribution is 7.99. The number of nitrogens with two attached hydrogens (primary N) is 1. The zero-order valence-electron chi connectivity index (χ0n) is 18.4. The lowest BCUT2D eigenvalue weighted by Gasteiger charge is -2.26. The molecule has 0 spiro atoms. The maximum atomic E-state index is 11.0. The van der Waals surface area contributed by atoms with E-state index in [1.54, 1.807) is 7.11 Å². The summed E-state index contributed by atoms with van der Waals surface area (Å²) < 4.78 is 21.0. The lowest BCUT2D eigenvalue weighted by molar-refractivity contribution is 0.153. The molecule has 1 saturated carbocycles. The lowest BCUT2D eigenvalue weighted by Crippen LogP contribution is -2.41. The fourth-order valence-electron chi connectivity index (χ4n) is 4.92. The molecule has 0 amide bonds. The van der Waals surface area contributed by atoms with Gasteiger partial charge in [-0.05, 0) is 91.3 Å². The third-order valence-electron chi connectivity index (χ3n) is 6.74.